The van der Waals surface area contributed by atoms with Gasteiger partial charge in [0.1, 0.15) is 6.54 Å². The van der Waals surface area contributed by atoms with Crippen molar-refractivity contribution in [3.05, 3.63) is 32.5 Å². The normalized spacial score (nSPS) is 14.5. The summed E-state index contributed by atoms with van der Waals surface area (Å²) < 4.78 is 4.16. The molecule has 138 valence electrons. The van der Waals surface area contributed by atoms with Crippen LogP contribution in [0.4, 0.5) is 5.95 Å². The Morgan fingerprint density at radius 1 is 1.27 bits per heavy atom. The SMILES string of the molecule is CC(C)=CCn1c(N2CCNCC2)nc2c1c(=O)n(CC#N)c(=O)n2C. The number of aryl methyl sites for hydroxylation is 1. The third kappa shape index (κ3) is 3.04. The Morgan fingerprint density at radius 2 is 1.96 bits per heavy atom. The van der Waals surface area contributed by atoms with Gasteiger partial charge in [0.15, 0.2) is 11.2 Å². The van der Waals surface area contributed by atoms with Crippen LogP contribution < -0.4 is 21.5 Å². The van der Waals surface area contributed by atoms with E-state index < -0.39 is 11.2 Å². The largest absolute Gasteiger partial charge is 0.340 e. The Morgan fingerprint density at radius 3 is 2.58 bits per heavy atom. The van der Waals surface area contributed by atoms with Gasteiger partial charge < -0.3 is 14.8 Å². The average Bonchev–Trinajstić information content (AvgIpc) is 3.02. The van der Waals surface area contributed by atoms with E-state index in [1.165, 1.54) is 4.57 Å². The third-order valence-corrected chi connectivity index (χ3v) is 4.52. The first-order valence-corrected chi connectivity index (χ1v) is 8.61. The number of rotatable bonds is 4. The molecule has 1 N–H and O–H groups in total. The molecule has 0 aliphatic carbocycles. The summed E-state index contributed by atoms with van der Waals surface area (Å²) in [6.07, 6.45) is 2.02. The maximum absolute atomic E-state index is 12.9. The smallest absolute Gasteiger partial charge is 0.333 e. The van der Waals surface area contributed by atoms with Crippen molar-refractivity contribution in [2.75, 3.05) is 31.1 Å². The summed E-state index contributed by atoms with van der Waals surface area (Å²) in [6.45, 7) is 7.42. The summed E-state index contributed by atoms with van der Waals surface area (Å²) in [5.41, 5.74) is 0.835. The molecule has 9 nitrogen and oxygen atoms in total. The Labute approximate surface area is 150 Å². The number of nitriles is 1. The first-order chi connectivity index (χ1) is 12.5. The number of piperazine rings is 1. The van der Waals surface area contributed by atoms with Crippen LogP contribution in [-0.4, -0.2) is 44.9 Å². The monoisotopic (exact) mass is 357 g/mol. The number of imidazole rings is 1. The highest BCUT2D eigenvalue weighted by atomic mass is 16.2. The van der Waals surface area contributed by atoms with Crippen LogP contribution in [0.2, 0.25) is 0 Å². The standard InChI is InChI=1S/C17H23N7O2/c1-12(2)4-8-23-13-14(20-16(23)22-10-6-19-7-11-22)21(3)17(26)24(9-5-18)15(13)25/h4,19H,6-11H2,1-3H3. The van der Waals surface area contributed by atoms with Crippen molar-refractivity contribution in [1.82, 2.24) is 24.0 Å². The Hall–Kier alpha value is -2.86. The van der Waals surface area contributed by atoms with Gasteiger partial charge in [0, 0.05) is 39.8 Å². The molecule has 0 bridgehead atoms. The molecule has 1 saturated heterocycles. The van der Waals surface area contributed by atoms with Gasteiger partial charge in [0.2, 0.25) is 5.95 Å². The topological polar surface area (TPSA) is 101 Å². The summed E-state index contributed by atoms with van der Waals surface area (Å²) >= 11 is 0. The van der Waals surface area contributed by atoms with E-state index in [2.05, 4.69) is 15.2 Å². The first-order valence-electron chi connectivity index (χ1n) is 8.61. The van der Waals surface area contributed by atoms with Crippen LogP contribution in [0.25, 0.3) is 11.2 Å². The maximum Gasteiger partial charge on any atom is 0.333 e. The molecule has 1 aliphatic heterocycles. The third-order valence-electron chi connectivity index (χ3n) is 4.52. The zero-order chi connectivity index (χ0) is 18.8. The highest BCUT2D eigenvalue weighted by Crippen LogP contribution is 2.20. The van der Waals surface area contributed by atoms with E-state index in [9.17, 15) is 9.59 Å². The number of anilines is 1. The maximum atomic E-state index is 12.9. The van der Waals surface area contributed by atoms with Gasteiger partial charge in [0.05, 0.1) is 6.07 Å². The van der Waals surface area contributed by atoms with Gasteiger partial charge in [-0.2, -0.15) is 10.2 Å². The second-order valence-electron chi connectivity index (χ2n) is 6.60. The number of nitrogens with zero attached hydrogens (tertiary/aromatic N) is 6. The van der Waals surface area contributed by atoms with Crippen molar-refractivity contribution in [2.45, 2.75) is 26.9 Å². The van der Waals surface area contributed by atoms with E-state index >= 15 is 0 Å². The minimum Gasteiger partial charge on any atom is -0.340 e. The molecule has 3 rings (SSSR count). The van der Waals surface area contributed by atoms with Crippen molar-refractivity contribution < 1.29 is 0 Å². The average molecular weight is 357 g/mol. The van der Waals surface area contributed by atoms with Gasteiger partial charge in [0.25, 0.3) is 5.56 Å². The Bertz CT molecular complexity index is 1010. The van der Waals surface area contributed by atoms with Crippen LogP contribution in [0.3, 0.4) is 0 Å². The van der Waals surface area contributed by atoms with Crippen LogP contribution in [0.1, 0.15) is 13.8 Å². The molecule has 2 aromatic heterocycles. The minimum absolute atomic E-state index is 0.280. The number of fused-ring (bicyclic) bond motifs is 1. The quantitative estimate of drug-likeness (QED) is 0.761. The minimum atomic E-state index is -0.525. The van der Waals surface area contributed by atoms with Crippen molar-refractivity contribution in [3.8, 4) is 6.07 Å². The van der Waals surface area contributed by atoms with Crippen molar-refractivity contribution in [2.24, 2.45) is 7.05 Å². The van der Waals surface area contributed by atoms with Crippen LogP contribution in [-0.2, 0) is 20.1 Å². The number of hydrogen-bond donors (Lipinski definition) is 1. The van der Waals surface area contributed by atoms with E-state index in [0.717, 1.165) is 36.3 Å². The molecule has 0 unspecified atom stereocenters. The molecule has 26 heavy (non-hydrogen) atoms. The van der Waals surface area contributed by atoms with Gasteiger partial charge in [-0.15, -0.1) is 0 Å². The molecule has 0 radical (unpaired) electrons. The van der Waals surface area contributed by atoms with Crippen molar-refractivity contribution in [1.29, 1.82) is 5.26 Å². The fourth-order valence-corrected chi connectivity index (χ4v) is 3.12. The van der Waals surface area contributed by atoms with E-state index in [1.54, 1.807) is 7.05 Å². The van der Waals surface area contributed by atoms with Crippen LogP contribution in [0, 0.1) is 11.3 Å². The Balaban J connectivity index is 2.32. The number of aromatic nitrogens is 4. The molecule has 0 spiro atoms. The van der Waals surface area contributed by atoms with E-state index in [1.807, 2.05) is 30.6 Å². The van der Waals surface area contributed by atoms with Gasteiger partial charge >= 0.3 is 5.69 Å². The van der Waals surface area contributed by atoms with Gasteiger partial charge in [-0.05, 0) is 13.8 Å². The van der Waals surface area contributed by atoms with E-state index in [4.69, 9.17) is 5.26 Å². The van der Waals surface area contributed by atoms with Crippen LogP contribution in [0.5, 0.6) is 0 Å². The molecule has 2 aromatic rings. The number of hydrogen-bond acceptors (Lipinski definition) is 6. The summed E-state index contributed by atoms with van der Waals surface area (Å²) in [4.78, 5) is 32.1. The van der Waals surface area contributed by atoms with Gasteiger partial charge in [-0.3, -0.25) is 9.36 Å². The molecule has 1 fully saturated rings. The summed E-state index contributed by atoms with van der Waals surface area (Å²) in [5.74, 6) is 0.681. The van der Waals surface area contributed by atoms with E-state index in [0.29, 0.717) is 23.7 Å². The van der Waals surface area contributed by atoms with Gasteiger partial charge in [-0.25, -0.2) is 9.36 Å². The lowest BCUT2D eigenvalue weighted by atomic mass is 10.3. The summed E-state index contributed by atoms with van der Waals surface area (Å²) in [6, 6.07) is 1.89. The Kier molecular flexibility index (Phi) is 4.95. The second kappa shape index (κ2) is 7.17. The lowest BCUT2D eigenvalue weighted by Crippen LogP contribution is -2.44. The lowest BCUT2D eigenvalue weighted by Gasteiger charge is -2.28. The molecule has 9 heteroatoms. The lowest BCUT2D eigenvalue weighted by molar-refractivity contribution is 0.572. The highest BCUT2D eigenvalue weighted by Gasteiger charge is 2.23. The summed E-state index contributed by atoms with van der Waals surface area (Å²) in [7, 11) is 1.58. The molecular formula is C17H23N7O2. The van der Waals surface area contributed by atoms with Crippen LogP contribution >= 0.6 is 0 Å². The predicted molar refractivity (Wildman–Crippen MR) is 99.4 cm³/mol. The number of nitrogens with one attached hydrogen (secondary N) is 1. The second-order valence-corrected chi connectivity index (χ2v) is 6.60. The summed E-state index contributed by atoms with van der Waals surface area (Å²) in [5, 5.41) is 12.3. The molecular weight excluding hydrogens is 334 g/mol. The molecule has 1 aliphatic rings. The number of allylic oxidation sites excluding steroid dienone is 2. The fourth-order valence-electron chi connectivity index (χ4n) is 3.12. The fraction of sp³-hybridized carbons (Fsp3) is 0.529. The molecule has 0 saturated carbocycles. The predicted octanol–water partition coefficient (Wildman–Crippen LogP) is -0.204. The highest BCUT2D eigenvalue weighted by molar-refractivity contribution is 5.74. The van der Waals surface area contributed by atoms with Crippen molar-refractivity contribution >= 4 is 17.1 Å². The van der Waals surface area contributed by atoms with Gasteiger partial charge in [-0.1, -0.05) is 11.6 Å². The van der Waals surface area contributed by atoms with Crippen LogP contribution in [0.15, 0.2) is 21.2 Å². The van der Waals surface area contributed by atoms with Crippen molar-refractivity contribution in [3.63, 3.8) is 0 Å². The molecule has 0 aromatic carbocycles. The molecule has 3 heterocycles. The first kappa shape index (κ1) is 17.9. The zero-order valence-corrected chi connectivity index (χ0v) is 15.3. The molecule has 0 atom stereocenters. The van der Waals surface area contributed by atoms with E-state index in [-0.39, 0.29) is 6.54 Å². The zero-order valence-electron chi connectivity index (χ0n) is 15.3. The molecule has 0 amide bonds.